The zero-order valence-electron chi connectivity index (χ0n) is 9.31. The fraction of sp³-hybridized carbons (Fsp3) is 0.636. The average molecular weight is 240 g/mol. The normalized spacial score (nSPS) is 18.6. The van der Waals surface area contributed by atoms with Gasteiger partial charge in [-0.05, 0) is 32.6 Å². The number of rotatable bonds is 3. The molecule has 1 saturated carbocycles. The first kappa shape index (κ1) is 11.5. The van der Waals surface area contributed by atoms with Crippen molar-refractivity contribution in [2.45, 2.75) is 44.8 Å². The number of ether oxygens (including phenoxy) is 1. The highest BCUT2D eigenvalue weighted by molar-refractivity contribution is 7.09. The molecule has 1 atom stereocenters. The van der Waals surface area contributed by atoms with Crippen molar-refractivity contribution in [3.05, 3.63) is 16.1 Å². The highest BCUT2D eigenvalue weighted by Crippen LogP contribution is 2.23. The van der Waals surface area contributed by atoms with Crippen molar-refractivity contribution in [2.75, 3.05) is 0 Å². The maximum atomic E-state index is 11.7. The second-order valence-electron chi connectivity index (χ2n) is 4.17. The van der Waals surface area contributed by atoms with Gasteiger partial charge in [0.1, 0.15) is 11.1 Å². The Kier molecular flexibility index (Phi) is 3.56. The van der Waals surface area contributed by atoms with Crippen molar-refractivity contribution < 1.29 is 9.53 Å². The molecule has 2 rings (SSSR count). The number of carbonyl (C=O) groups excluding carboxylic acids is 1. The standard InChI is InChI=1S/C11H16N2O2S/c1-7(12)10-13-9(6-16-10)11(14)15-8-4-2-3-5-8/h6-8H,2-5,12H2,1H3. The van der Waals surface area contributed by atoms with Gasteiger partial charge in [-0.15, -0.1) is 11.3 Å². The molecule has 0 bridgehead atoms. The van der Waals surface area contributed by atoms with Gasteiger partial charge >= 0.3 is 5.97 Å². The van der Waals surface area contributed by atoms with Crippen molar-refractivity contribution in [1.29, 1.82) is 0 Å². The smallest absolute Gasteiger partial charge is 0.358 e. The van der Waals surface area contributed by atoms with E-state index in [9.17, 15) is 4.79 Å². The molecule has 4 nitrogen and oxygen atoms in total. The van der Waals surface area contributed by atoms with E-state index in [1.807, 2.05) is 6.92 Å². The molecule has 88 valence electrons. The van der Waals surface area contributed by atoms with Gasteiger partial charge in [-0.3, -0.25) is 0 Å². The molecule has 1 aromatic heterocycles. The first-order chi connectivity index (χ1) is 7.66. The summed E-state index contributed by atoms with van der Waals surface area (Å²) in [5.41, 5.74) is 6.08. The van der Waals surface area contributed by atoms with Crippen molar-refractivity contribution in [3.63, 3.8) is 0 Å². The van der Waals surface area contributed by atoms with E-state index in [-0.39, 0.29) is 18.1 Å². The summed E-state index contributed by atoms with van der Waals surface area (Å²) in [5.74, 6) is -0.310. The van der Waals surface area contributed by atoms with Crippen molar-refractivity contribution in [1.82, 2.24) is 4.98 Å². The second kappa shape index (κ2) is 4.93. The zero-order valence-corrected chi connectivity index (χ0v) is 10.1. The van der Waals surface area contributed by atoms with Gasteiger partial charge in [0.05, 0.1) is 6.04 Å². The highest BCUT2D eigenvalue weighted by atomic mass is 32.1. The lowest BCUT2D eigenvalue weighted by molar-refractivity contribution is 0.0311. The molecule has 2 N–H and O–H groups in total. The highest BCUT2D eigenvalue weighted by Gasteiger charge is 2.21. The molecule has 1 fully saturated rings. The van der Waals surface area contributed by atoms with Crippen LogP contribution >= 0.6 is 11.3 Å². The number of esters is 1. The van der Waals surface area contributed by atoms with Crippen LogP contribution in [0, 0.1) is 0 Å². The van der Waals surface area contributed by atoms with E-state index in [0.717, 1.165) is 30.7 Å². The van der Waals surface area contributed by atoms with Crippen LogP contribution in [-0.2, 0) is 4.74 Å². The fourth-order valence-electron chi connectivity index (χ4n) is 1.81. The summed E-state index contributed by atoms with van der Waals surface area (Å²) in [6, 6.07) is -0.127. The van der Waals surface area contributed by atoms with Crippen LogP contribution in [0.5, 0.6) is 0 Å². The van der Waals surface area contributed by atoms with E-state index in [4.69, 9.17) is 10.5 Å². The van der Waals surface area contributed by atoms with Gasteiger partial charge in [0.15, 0.2) is 5.69 Å². The maximum Gasteiger partial charge on any atom is 0.358 e. The summed E-state index contributed by atoms with van der Waals surface area (Å²) in [7, 11) is 0. The number of nitrogens with zero attached hydrogens (tertiary/aromatic N) is 1. The van der Waals surface area contributed by atoms with Crippen molar-refractivity contribution >= 4 is 17.3 Å². The van der Waals surface area contributed by atoms with Crippen LogP contribution in [-0.4, -0.2) is 17.1 Å². The third-order valence-electron chi connectivity index (χ3n) is 2.70. The van der Waals surface area contributed by atoms with Gasteiger partial charge in [0, 0.05) is 5.38 Å². The molecule has 1 aromatic rings. The second-order valence-corrected chi connectivity index (χ2v) is 5.06. The number of hydrogen-bond acceptors (Lipinski definition) is 5. The molecule has 5 heteroatoms. The molecule has 1 unspecified atom stereocenters. The quantitative estimate of drug-likeness (QED) is 0.823. The van der Waals surface area contributed by atoms with Crippen LogP contribution < -0.4 is 5.73 Å². The van der Waals surface area contributed by atoms with Crippen LogP contribution in [0.1, 0.15) is 54.1 Å². The summed E-state index contributed by atoms with van der Waals surface area (Å²) in [6.07, 6.45) is 4.36. The Morgan fingerprint density at radius 3 is 2.88 bits per heavy atom. The molecule has 1 heterocycles. The number of aromatic nitrogens is 1. The Labute approximate surface area is 98.8 Å². The number of nitrogens with two attached hydrogens (primary N) is 1. The number of hydrogen-bond donors (Lipinski definition) is 1. The lowest BCUT2D eigenvalue weighted by Crippen LogP contribution is -2.15. The molecule has 0 radical (unpaired) electrons. The average Bonchev–Trinajstić information content (AvgIpc) is 2.86. The van der Waals surface area contributed by atoms with Gasteiger partial charge in [-0.2, -0.15) is 0 Å². The lowest BCUT2D eigenvalue weighted by atomic mass is 10.3. The molecule has 0 amide bonds. The Morgan fingerprint density at radius 2 is 2.31 bits per heavy atom. The maximum absolute atomic E-state index is 11.7. The summed E-state index contributed by atoms with van der Waals surface area (Å²) in [6.45, 7) is 1.85. The lowest BCUT2D eigenvalue weighted by Gasteiger charge is -2.09. The first-order valence-electron chi connectivity index (χ1n) is 5.59. The predicted octanol–water partition coefficient (Wildman–Crippen LogP) is 2.26. The summed E-state index contributed by atoms with van der Waals surface area (Å²) in [5, 5.41) is 2.49. The number of carbonyl (C=O) groups is 1. The van der Waals surface area contributed by atoms with Gasteiger partial charge in [-0.1, -0.05) is 0 Å². The van der Waals surface area contributed by atoms with Crippen LogP contribution in [0.25, 0.3) is 0 Å². The molecular formula is C11H16N2O2S. The Hall–Kier alpha value is -0.940. The molecular weight excluding hydrogens is 224 g/mol. The minimum Gasteiger partial charge on any atom is -0.458 e. The van der Waals surface area contributed by atoms with Crippen LogP contribution in [0.3, 0.4) is 0 Å². The van der Waals surface area contributed by atoms with Gasteiger partial charge in [0.25, 0.3) is 0 Å². The summed E-state index contributed by atoms with van der Waals surface area (Å²) in [4.78, 5) is 15.9. The third kappa shape index (κ3) is 2.59. The van der Waals surface area contributed by atoms with E-state index < -0.39 is 0 Å². The molecule has 16 heavy (non-hydrogen) atoms. The predicted molar refractivity (Wildman–Crippen MR) is 62.4 cm³/mol. The van der Waals surface area contributed by atoms with Crippen molar-refractivity contribution in [2.24, 2.45) is 5.73 Å². The van der Waals surface area contributed by atoms with Gasteiger partial charge in [-0.25, -0.2) is 9.78 Å². The molecule has 0 saturated heterocycles. The minimum absolute atomic E-state index is 0.0907. The zero-order chi connectivity index (χ0) is 11.5. The Morgan fingerprint density at radius 1 is 1.62 bits per heavy atom. The van der Waals surface area contributed by atoms with Crippen LogP contribution in [0.4, 0.5) is 0 Å². The minimum atomic E-state index is -0.310. The van der Waals surface area contributed by atoms with E-state index in [1.165, 1.54) is 11.3 Å². The van der Waals surface area contributed by atoms with Crippen LogP contribution in [0.2, 0.25) is 0 Å². The molecule has 0 spiro atoms. The van der Waals surface area contributed by atoms with Gasteiger partial charge < -0.3 is 10.5 Å². The molecule has 0 aromatic carbocycles. The Balaban J connectivity index is 1.97. The fourth-order valence-corrected chi connectivity index (χ4v) is 2.56. The summed E-state index contributed by atoms with van der Waals surface area (Å²) < 4.78 is 5.35. The van der Waals surface area contributed by atoms with E-state index in [0.29, 0.717) is 5.69 Å². The third-order valence-corrected chi connectivity index (χ3v) is 3.74. The first-order valence-corrected chi connectivity index (χ1v) is 6.47. The van der Waals surface area contributed by atoms with E-state index in [2.05, 4.69) is 4.98 Å². The Bertz CT molecular complexity index is 370. The van der Waals surface area contributed by atoms with Gasteiger partial charge in [0.2, 0.25) is 0 Å². The monoisotopic (exact) mass is 240 g/mol. The number of thiazole rings is 1. The van der Waals surface area contributed by atoms with Crippen molar-refractivity contribution in [3.8, 4) is 0 Å². The summed E-state index contributed by atoms with van der Waals surface area (Å²) >= 11 is 1.41. The SMILES string of the molecule is CC(N)c1nc(C(=O)OC2CCCC2)cs1. The molecule has 0 aliphatic heterocycles. The van der Waals surface area contributed by atoms with Crippen LogP contribution in [0.15, 0.2) is 5.38 Å². The molecule has 1 aliphatic rings. The van der Waals surface area contributed by atoms with E-state index >= 15 is 0 Å². The largest absolute Gasteiger partial charge is 0.458 e. The van der Waals surface area contributed by atoms with E-state index in [1.54, 1.807) is 5.38 Å². The topological polar surface area (TPSA) is 65.2 Å². The molecule has 1 aliphatic carbocycles.